The minimum Gasteiger partial charge on any atom is -0.506 e. The predicted molar refractivity (Wildman–Crippen MR) is 77.5 cm³/mol. The number of aromatic nitrogens is 2. The summed E-state index contributed by atoms with van der Waals surface area (Å²) >= 11 is 5.47. The average molecular weight is 346 g/mol. The zero-order chi connectivity index (χ0) is 17.2. The maximum absolute atomic E-state index is 12.8. The Morgan fingerprint density at radius 1 is 1.30 bits per heavy atom. The average Bonchev–Trinajstić information content (AvgIpc) is 2.48. The van der Waals surface area contributed by atoms with Gasteiger partial charge in [0.25, 0.3) is 5.91 Å². The van der Waals surface area contributed by atoms with Crippen molar-refractivity contribution < 1.29 is 23.1 Å². The molecule has 5 nitrogen and oxygen atoms in total. The van der Waals surface area contributed by atoms with Crippen LogP contribution in [0.5, 0.6) is 5.75 Å². The summed E-state index contributed by atoms with van der Waals surface area (Å²) in [7, 11) is 0. The minimum absolute atomic E-state index is 0.0297. The molecule has 0 unspecified atom stereocenters. The molecule has 23 heavy (non-hydrogen) atoms. The quantitative estimate of drug-likeness (QED) is 0.832. The fourth-order valence-corrected chi connectivity index (χ4v) is 2.14. The summed E-state index contributed by atoms with van der Waals surface area (Å²) in [6.07, 6.45) is -1.61. The van der Waals surface area contributed by atoms with Crippen molar-refractivity contribution in [2.24, 2.45) is 0 Å². The Morgan fingerprint density at radius 2 is 1.96 bits per heavy atom. The van der Waals surface area contributed by atoms with E-state index in [1.54, 1.807) is 6.92 Å². The zero-order valence-electron chi connectivity index (χ0n) is 11.8. The van der Waals surface area contributed by atoms with Gasteiger partial charge in [-0.05, 0) is 12.5 Å². The molecule has 0 aliphatic rings. The van der Waals surface area contributed by atoms with Crippen LogP contribution in [0.25, 0.3) is 0 Å². The number of nitrogens with zero attached hydrogens (tertiary/aromatic N) is 2. The van der Waals surface area contributed by atoms with Crippen molar-refractivity contribution in [1.29, 1.82) is 0 Å². The number of rotatable bonds is 3. The molecule has 0 atom stereocenters. The van der Waals surface area contributed by atoms with Crippen LogP contribution in [0.2, 0.25) is 5.02 Å². The van der Waals surface area contributed by atoms with Gasteiger partial charge in [0.2, 0.25) is 0 Å². The lowest BCUT2D eigenvalue weighted by Crippen LogP contribution is -2.17. The Hall–Kier alpha value is -2.35. The Morgan fingerprint density at radius 3 is 2.57 bits per heavy atom. The summed E-state index contributed by atoms with van der Waals surface area (Å²) in [5.74, 6) is -1.36. The molecular formula is C14H11ClF3N3O2. The van der Waals surface area contributed by atoms with Gasteiger partial charge in [-0.15, -0.1) is 0 Å². The second kappa shape index (κ2) is 6.41. The number of benzene rings is 1. The molecule has 0 aliphatic heterocycles. The van der Waals surface area contributed by atoms with Crippen LogP contribution >= 0.6 is 11.6 Å². The molecule has 1 aromatic carbocycles. The molecule has 1 amide bonds. The number of aromatic hydroxyl groups is 1. The van der Waals surface area contributed by atoms with Gasteiger partial charge in [0.15, 0.2) is 0 Å². The van der Waals surface area contributed by atoms with Crippen LogP contribution in [0.3, 0.4) is 0 Å². The smallest absolute Gasteiger partial charge is 0.417 e. The van der Waals surface area contributed by atoms with Crippen molar-refractivity contribution in [1.82, 2.24) is 9.97 Å². The Kier molecular flexibility index (Phi) is 4.74. The standard InChI is InChI=1S/C14H11ClF3N3O2/c1-2-9-12(20-4-3-19-9)13(23)21-10-5-7(14(16,17)18)8(15)6-11(10)22/h3-6,22H,2H2,1H3,(H,21,23). The van der Waals surface area contributed by atoms with Gasteiger partial charge in [0, 0.05) is 18.5 Å². The van der Waals surface area contributed by atoms with Gasteiger partial charge >= 0.3 is 6.18 Å². The highest BCUT2D eigenvalue weighted by atomic mass is 35.5. The third kappa shape index (κ3) is 3.70. The topological polar surface area (TPSA) is 75.1 Å². The van der Waals surface area contributed by atoms with E-state index in [9.17, 15) is 23.1 Å². The van der Waals surface area contributed by atoms with Gasteiger partial charge in [-0.2, -0.15) is 13.2 Å². The molecule has 1 aromatic heterocycles. The second-order valence-corrected chi connectivity index (χ2v) is 4.91. The van der Waals surface area contributed by atoms with Crippen LogP contribution < -0.4 is 5.32 Å². The van der Waals surface area contributed by atoms with Crippen molar-refractivity contribution in [2.45, 2.75) is 19.5 Å². The lowest BCUT2D eigenvalue weighted by Gasteiger charge is -2.13. The number of hydrogen-bond acceptors (Lipinski definition) is 4. The van der Waals surface area contributed by atoms with Crippen LogP contribution in [-0.2, 0) is 12.6 Å². The molecule has 0 aliphatic carbocycles. The monoisotopic (exact) mass is 345 g/mol. The van der Waals surface area contributed by atoms with Crippen LogP contribution in [0.4, 0.5) is 18.9 Å². The summed E-state index contributed by atoms with van der Waals surface area (Å²) in [5, 5.41) is 11.2. The van der Waals surface area contributed by atoms with E-state index in [4.69, 9.17) is 11.6 Å². The van der Waals surface area contributed by atoms with Crippen molar-refractivity contribution in [3.8, 4) is 5.75 Å². The fourth-order valence-electron chi connectivity index (χ4n) is 1.88. The highest BCUT2D eigenvalue weighted by Gasteiger charge is 2.34. The van der Waals surface area contributed by atoms with Crippen molar-refractivity contribution in [2.75, 3.05) is 5.32 Å². The normalized spacial score (nSPS) is 11.3. The van der Waals surface area contributed by atoms with Gasteiger partial charge in [-0.1, -0.05) is 18.5 Å². The highest BCUT2D eigenvalue weighted by Crippen LogP contribution is 2.40. The summed E-state index contributed by atoms with van der Waals surface area (Å²) in [6, 6.07) is 1.29. The van der Waals surface area contributed by atoms with E-state index in [1.165, 1.54) is 12.4 Å². The summed E-state index contributed by atoms with van der Waals surface area (Å²) in [5.41, 5.74) is -1.23. The molecule has 0 radical (unpaired) electrons. The number of carbonyl (C=O) groups is 1. The molecule has 9 heteroatoms. The van der Waals surface area contributed by atoms with E-state index in [1.807, 2.05) is 0 Å². The molecule has 0 spiro atoms. The molecule has 2 N–H and O–H groups in total. The van der Waals surface area contributed by atoms with Gasteiger partial charge in [-0.25, -0.2) is 4.98 Å². The summed E-state index contributed by atoms with van der Waals surface area (Å²) in [4.78, 5) is 20.0. The fraction of sp³-hybridized carbons (Fsp3) is 0.214. The van der Waals surface area contributed by atoms with E-state index >= 15 is 0 Å². The number of amides is 1. The lowest BCUT2D eigenvalue weighted by molar-refractivity contribution is -0.137. The van der Waals surface area contributed by atoms with E-state index in [-0.39, 0.29) is 5.69 Å². The molecular weight excluding hydrogens is 335 g/mol. The maximum Gasteiger partial charge on any atom is 0.417 e. The second-order valence-electron chi connectivity index (χ2n) is 4.51. The first-order valence-corrected chi connectivity index (χ1v) is 6.82. The molecule has 122 valence electrons. The summed E-state index contributed by atoms with van der Waals surface area (Å²) < 4.78 is 38.5. The third-order valence-corrected chi connectivity index (χ3v) is 3.28. The van der Waals surface area contributed by atoms with E-state index in [2.05, 4.69) is 15.3 Å². The van der Waals surface area contributed by atoms with Crippen LogP contribution in [0, 0.1) is 0 Å². The molecule has 0 bridgehead atoms. The van der Waals surface area contributed by atoms with E-state index in [0.717, 1.165) is 6.07 Å². The first-order chi connectivity index (χ1) is 10.7. The maximum atomic E-state index is 12.8. The van der Waals surface area contributed by atoms with Gasteiger partial charge < -0.3 is 10.4 Å². The van der Waals surface area contributed by atoms with Gasteiger partial charge in [-0.3, -0.25) is 9.78 Å². The van der Waals surface area contributed by atoms with Crippen LogP contribution in [0.1, 0.15) is 28.7 Å². The van der Waals surface area contributed by atoms with Crippen molar-refractivity contribution >= 4 is 23.2 Å². The summed E-state index contributed by atoms with van der Waals surface area (Å²) in [6.45, 7) is 1.75. The first kappa shape index (κ1) is 17.0. The third-order valence-electron chi connectivity index (χ3n) is 2.96. The minimum atomic E-state index is -4.72. The van der Waals surface area contributed by atoms with E-state index < -0.39 is 34.1 Å². The molecule has 0 saturated heterocycles. The zero-order valence-corrected chi connectivity index (χ0v) is 12.5. The Bertz CT molecular complexity index is 751. The van der Waals surface area contributed by atoms with Crippen LogP contribution in [0.15, 0.2) is 24.5 Å². The molecule has 1 heterocycles. The Labute approximate surface area is 134 Å². The SMILES string of the molecule is CCc1nccnc1C(=O)Nc1cc(C(F)(F)F)c(Cl)cc1O. The predicted octanol–water partition coefficient (Wildman–Crippen LogP) is 3.67. The number of aryl methyl sites for hydroxylation is 1. The molecule has 2 aromatic rings. The number of hydrogen-bond donors (Lipinski definition) is 2. The van der Waals surface area contributed by atoms with Crippen LogP contribution in [-0.4, -0.2) is 21.0 Å². The number of alkyl halides is 3. The lowest BCUT2D eigenvalue weighted by atomic mass is 10.1. The number of halogens is 4. The largest absolute Gasteiger partial charge is 0.506 e. The van der Waals surface area contributed by atoms with Gasteiger partial charge in [0.1, 0.15) is 11.4 Å². The number of phenols is 1. The number of nitrogens with one attached hydrogen (secondary N) is 1. The van der Waals surface area contributed by atoms with Crippen molar-refractivity contribution in [3.63, 3.8) is 0 Å². The number of phenolic OH excluding ortho intramolecular Hbond substituents is 1. The van der Waals surface area contributed by atoms with E-state index in [0.29, 0.717) is 18.2 Å². The van der Waals surface area contributed by atoms with Gasteiger partial charge in [0.05, 0.1) is 22.0 Å². The molecule has 2 rings (SSSR count). The molecule has 0 saturated carbocycles. The Balaban J connectivity index is 2.38. The van der Waals surface area contributed by atoms with Crippen molar-refractivity contribution in [3.05, 3.63) is 46.5 Å². The number of carbonyl (C=O) groups excluding carboxylic acids is 1. The molecule has 0 fully saturated rings. The number of anilines is 1. The first-order valence-electron chi connectivity index (χ1n) is 6.45. The highest BCUT2D eigenvalue weighted by molar-refractivity contribution is 6.31.